The number of aliphatic hydroxyl groups excluding tert-OH is 1. The molecular weight excluding hydrogens is 212 g/mol. The Hall–Kier alpha value is -1.75. The SMILES string of the molecule is COc1cc(C(O)C(=O)O)c(O)c(C)c1C. The fourth-order valence-electron chi connectivity index (χ4n) is 1.45. The number of carboxylic acid groups (broad SMARTS) is 1. The molecule has 0 bridgehead atoms. The minimum Gasteiger partial charge on any atom is -0.507 e. The van der Waals surface area contributed by atoms with Crippen LogP contribution in [-0.2, 0) is 4.79 Å². The van der Waals surface area contributed by atoms with E-state index in [0.717, 1.165) is 0 Å². The number of benzene rings is 1. The Morgan fingerprint density at radius 2 is 1.94 bits per heavy atom. The number of carboxylic acids is 1. The van der Waals surface area contributed by atoms with Crippen LogP contribution < -0.4 is 4.74 Å². The van der Waals surface area contributed by atoms with Gasteiger partial charge in [-0.15, -0.1) is 0 Å². The highest BCUT2D eigenvalue weighted by Gasteiger charge is 2.23. The molecule has 0 saturated carbocycles. The molecule has 0 spiro atoms. The highest BCUT2D eigenvalue weighted by molar-refractivity contribution is 5.76. The van der Waals surface area contributed by atoms with E-state index in [9.17, 15) is 15.0 Å². The van der Waals surface area contributed by atoms with Gasteiger partial charge in [0.1, 0.15) is 11.5 Å². The molecule has 0 fully saturated rings. The van der Waals surface area contributed by atoms with E-state index in [-0.39, 0.29) is 11.3 Å². The number of hydrogen-bond acceptors (Lipinski definition) is 4. The van der Waals surface area contributed by atoms with Crippen LogP contribution in [0, 0.1) is 13.8 Å². The topological polar surface area (TPSA) is 87.0 Å². The zero-order chi connectivity index (χ0) is 12.5. The Morgan fingerprint density at radius 3 is 2.38 bits per heavy atom. The third-order valence-corrected chi connectivity index (χ3v) is 2.60. The summed E-state index contributed by atoms with van der Waals surface area (Å²) in [6.45, 7) is 3.37. The van der Waals surface area contributed by atoms with Gasteiger partial charge in [0.15, 0.2) is 6.10 Å². The second-order valence-corrected chi connectivity index (χ2v) is 3.51. The third kappa shape index (κ3) is 1.94. The van der Waals surface area contributed by atoms with Crippen LogP contribution in [0.4, 0.5) is 0 Å². The largest absolute Gasteiger partial charge is 0.507 e. The molecule has 0 radical (unpaired) electrons. The van der Waals surface area contributed by atoms with Crippen LogP contribution in [0.3, 0.4) is 0 Å². The first-order chi connectivity index (χ1) is 7.40. The van der Waals surface area contributed by atoms with E-state index in [1.54, 1.807) is 13.8 Å². The number of phenols is 1. The number of hydrogen-bond donors (Lipinski definition) is 3. The number of methoxy groups -OCH3 is 1. The van der Waals surface area contributed by atoms with Gasteiger partial charge in [0, 0.05) is 5.56 Å². The summed E-state index contributed by atoms with van der Waals surface area (Å²) in [5.74, 6) is -1.19. The maximum Gasteiger partial charge on any atom is 0.337 e. The third-order valence-electron chi connectivity index (χ3n) is 2.60. The van der Waals surface area contributed by atoms with E-state index in [1.165, 1.54) is 13.2 Å². The molecule has 88 valence electrons. The van der Waals surface area contributed by atoms with Gasteiger partial charge in [-0.1, -0.05) is 0 Å². The van der Waals surface area contributed by atoms with Crippen LogP contribution in [0.1, 0.15) is 22.8 Å². The van der Waals surface area contributed by atoms with E-state index in [2.05, 4.69) is 0 Å². The van der Waals surface area contributed by atoms with Crippen LogP contribution in [0.2, 0.25) is 0 Å². The van der Waals surface area contributed by atoms with Crippen LogP contribution in [0.5, 0.6) is 11.5 Å². The van der Waals surface area contributed by atoms with Gasteiger partial charge in [0.25, 0.3) is 0 Å². The number of rotatable bonds is 3. The number of carbonyl (C=O) groups is 1. The Balaban J connectivity index is 3.41. The maximum atomic E-state index is 10.6. The quantitative estimate of drug-likeness (QED) is 0.719. The lowest BCUT2D eigenvalue weighted by atomic mass is 9.99. The molecule has 3 N–H and O–H groups in total. The summed E-state index contributed by atoms with van der Waals surface area (Å²) in [6, 6.07) is 1.33. The lowest BCUT2D eigenvalue weighted by Crippen LogP contribution is -2.11. The summed E-state index contributed by atoms with van der Waals surface area (Å²) >= 11 is 0. The van der Waals surface area contributed by atoms with Crippen molar-refractivity contribution in [1.82, 2.24) is 0 Å². The number of aromatic hydroxyl groups is 1. The average molecular weight is 226 g/mol. The molecule has 1 atom stereocenters. The minimum atomic E-state index is -1.76. The Labute approximate surface area is 92.9 Å². The summed E-state index contributed by atoms with van der Waals surface area (Å²) in [7, 11) is 1.44. The fourth-order valence-corrected chi connectivity index (χ4v) is 1.45. The number of aliphatic carboxylic acids is 1. The van der Waals surface area contributed by atoms with Crippen LogP contribution >= 0.6 is 0 Å². The molecule has 1 aromatic rings. The standard InChI is InChI=1S/C11H14O5/c1-5-6(2)9(12)7(4-8(5)16-3)10(13)11(14)15/h4,10,12-13H,1-3H3,(H,14,15). The van der Waals surface area contributed by atoms with E-state index >= 15 is 0 Å². The van der Waals surface area contributed by atoms with Crippen molar-refractivity contribution in [2.24, 2.45) is 0 Å². The van der Waals surface area contributed by atoms with Crippen molar-refractivity contribution in [2.75, 3.05) is 7.11 Å². The zero-order valence-electron chi connectivity index (χ0n) is 9.31. The van der Waals surface area contributed by atoms with Crippen molar-refractivity contribution in [3.8, 4) is 11.5 Å². The smallest absolute Gasteiger partial charge is 0.337 e. The molecular formula is C11H14O5. The molecule has 1 unspecified atom stereocenters. The van der Waals surface area contributed by atoms with Gasteiger partial charge in [0.05, 0.1) is 7.11 Å². The van der Waals surface area contributed by atoms with Gasteiger partial charge < -0.3 is 20.1 Å². The maximum absolute atomic E-state index is 10.6. The van der Waals surface area contributed by atoms with Crippen molar-refractivity contribution < 1.29 is 24.9 Å². The van der Waals surface area contributed by atoms with Crippen molar-refractivity contribution in [3.63, 3.8) is 0 Å². The molecule has 0 saturated heterocycles. The molecule has 5 heteroatoms. The lowest BCUT2D eigenvalue weighted by molar-refractivity contribution is -0.147. The van der Waals surface area contributed by atoms with Gasteiger partial charge in [-0.05, 0) is 31.0 Å². The second-order valence-electron chi connectivity index (χ2n) is 3.51. The predicted molar refractivity (Wildman–Crippen MR) is 56.7 cm³/mol. The highest BCUT2D eigenvalue weighted by Crippen LogP contribution is 2.35. The number of aliphatic hydroxyl groups is 1. The monoisotopic (exact) mass is 226 g/mol. The van der Waals surface area contributed by atoms with Crippen LogP contribution in [0.15, 0.2) is 6.07 Å². The molecule has 0 amide bonds. The molecule has 0 aromatic heterocycles. The molecule has 0 aliphatic carbocycles. The summed E-state index contributed by atoms with van der Waals surface area (Å²) in [6.07, 6.45) is -1.76. The van der Waals surface area contributed by atoms with Crippen LogP contribution in [-0.4, -0.2) is 28.4 Å². The highest BCUT2D eigenvalue weighted by atomic mass is 16.5. The predicted octanol–water partition coefficient (Wildman–Crippen LogP) is 1.14. The molecule has 0 aliphatic rings. The van der Waals surface area contributed by atoms with Gasteiger partial charge in [-0.3, -0.25) is 0 Å². The molecule has 5 nitrogen and oxygen atoms in total. The first kappa shape index (κ1) is 12.3. The summed E-state index contributed by atoms with van der Waals surface area (Å²) in [4.78, 5) is 10.6. The van der Waals surface area contributed by atoms with E-state index in [0.29, 0.717) is 16.9 Å². The second kappa shape index (κ2) is 4.40. The van der Waals surface area contributed by atoms with Gasteiger partial charge in [-0.25, -0.2) is 4.79 Å². The first-order valence-electron chi connectivity index (χ1n) is 4.68. The number of phenolic OH excluding ortho intramolecular Hbond substituents is 1. The zero-order valence-corrected chi connectivity index (χ0v) is 9.31. The Morgan fingerprint density at radius 1 is 1.38 bits per heavy atom. The minimum absolute atomic E-state index is 0.0625. The lowest BCUT2D eigenvalue weighted by Gasteiger charge is -2.15. The van der Waals surface area contributed by atoms with Gasteiger partial charge in [0.2, 0.25) is 0 Å². The fraction of sp³-hybridized carbons (Fsp3) is 0.364. The summed E-state index contributed by atoms with van der Waals surface area (Å²) in [5, 5.41) is 27.8. The molecule has 0 heterocycles. The normalized spacial score (nSPS) is 12.2. The van der Waals surface area contributed by atoms with Crippen LogP contribution in [0.25, 0.3) is 0 Å². The van der Waals surface area contributed by atoms with Crippen molar-refractivity contribution in [1.29, 1.82) is 0 Å². The average Bonchev–Trinajstić information content (AvgIpc) is 2.25. The molecule has 1 aromatic carbocycles. The summed E-state index contributed by atoms with van der Waals surface area (Å²) in [5.41, 5.74) is 1.14. The van der Waals surface area contributed by atoms with E-state index in [1.807, 2.05) is 0 Å². The van der Waals surface area contributed by atoms with Gasteiger partial charge in [-0.2, -0.15) is 0 Å². The molecule has 16 heavy (non-hydrogen) atoms. The Bertz CT molecular complexity index is 425. The number of ether oxygens (including phenoxy) is 1. The van der Waals surface area contributed by atoms with E-state index < -0.39 is 12.1 Å². The van der Waals surface area contributed by atoms with Crippen molar-refractivity contribution in [3.05, 3.63) is 22.8 Å². The van der Waals surface area contributed by atoms with E-state index in [4.69, 9.17) is 9.84 Å². The van der Waals surface area contributed by atoms with Gasteiger partial charge >= 0.3 is 5.97 Å². The first-order valence-corrected chi connectivity index (χ1v) is 4.68. The van der Waals surface area contributed by atoms with Crippen molar-refractivity contribution in [2.45, 2.75) is 20.0 Å². The summed E-state index contributed by atoms with van der Waals surface area (Å²) < 4.78 is 5.04. The Kier molecular flexibility index (Phi) is 3.39. The molecule has 0 aliphatic heterocycles. The molecule has 1 rings (SSSR count). The van der Waals surface area contributed by atoms with Crippen molar-refractivity contribution >= 4 is 5.97 Å².